The monoisotopic (exact) mass is 196 g/mol. The van der Waals surface area contributed by atoms with Crippen LogP contribution in [0.4, 0.5) is 0 Å². The lowest BCUT2D eigenvalue weighted by Gasteiger charge is -2.05. The van der Waals surface area contributed by atoms with E-state index < -0.39 is 0 Å². The molecule has 0 spiro atoms. The first-order chi connectivity index (χ1) is 6.85. The minimum absolute atomic E-state index is 0.831. The molecule has 0 bridgehead atoms. The van der Waals surface area contributed by atoms with Crippen LogP contribution in [-0.4, -0.2) is 6.61 Å². The molecule has 0 unspecified atom stereocenters. The lowest BCUT2D eigenvalue weighted by atomic mass is 10.1. The number of hydrogen-bond donors (Lipinski definition) is 0. The summed E-state index contributed by atoms with van der Waals surface area (Å²) in [5.74, 6) is 0.901. The average Bonchev–Trinajstić information content (AvgIpc) is 2.22. The van der Waals surface area contributed by atoms with Gasteiger partial charge in [-0.2, -0.15) is 0 Å². The van der Waals surface area contributed by atoms with Crippen molar-refractivity contribution < 1.29 is 4.74 Å². The minimum atomic E-state index is 0.831. The van der Waals surface area contributed by atoms with Gasteiger partial charge in [-0.15, -0.1) is 0 Å². The number of allylic oxidation sites excluding steroid dienone is 2. The zero-order chi connectivity index (χ0) is 10.6. The molecule has 0 aromatic rings. The molecule has 0 heterocycles. The van der Waals surface area contributed by atoms with Gasteiger partial charge in [-0.3, -0.25) is 0 Å². The maximum absolute atomic E-state index is 5.49. The fourth-order valence-corrected chi connectivity index (χ4v) is 1.33. The lowest BCUT2D eigenvalue weighted by molar-refractivity contribution is 0.216. The van der Waals surface area contributed by atoms with Gasteiger partial charge >= 0.3 is 0 Å². The van der Waals surface area contributed by atoms with Crippen molar-refractivity contribution in [3.8, 4) is 0 Å². The van der Waals surface area contributed by atoms with Crippen LogP contribution in [0.15, 0.2) is 24.5 Å². The van der Waals surface area contributed by atoms with Gasteiger partial charge < -0.3 is 4.74 Å². The van der Waals surface area contributed by atoms with Gasteiger partial charge in [0.1, 0.15) is 5.76 Å². The summed E-state index contributed by atoms with van der Waals surface area (Å²) in [6.45, 7) is 8.72. The van der Waals surface area contributed by atoms with E-state index in [2.05, 4.69) is 13.5 Å². The topological polar surface area (TPSA) is 9.23 Å². The Bertz CT molecular complexity index is 159. The molecule has 0 saturated heterocycles. The van der Waals surface area contributed by atoms with Crippen LogP contribution in [0.25, 0.3) is 0 Å². The van der Waals surface area contributed by atoms with Crippen LogP contribution >= 0.6 is 0 Å². The van der Waals surface area contributed by atoms with Crippen LogP contribution in [0, 0.1) is 0 Å². The maximum atomic E-state index is 5.49. The summed E-state index contributed by atoms with van der Waals surface area (Å²) in [5, 5.41) is 0. The first-order valence-corrected chi connectivity index (χ1v) is 5.76. The third-order valence-electron chi connectivity index (χ3n) is 2.25. The van der Waals surface area contributed by atoms with Crippen molar-refractivity contribution in [2.45, 2.75) is 52.4 Å². The third-order valence-corrected chi connectivity index (χ3v) is 2.25. The molecule has 0 aliphatic rings. The van der Waals surface area contributed by atoms with E-state index in [0.29, 0.717) is 0 Å². The van der Waals surface area contributed by atoms with Crippen LogP contribution < -0.4 is 0 Å². The molecule has 0 atom stereocenters. The Morgan fingerprint density at radius 1 is 1.14 bits per heavy atom. The molecule has 0 aromatic carbocycles. The molecule has 1 heteroatoms. The van der Waals surface area contributed by atoms with Crippen LogP contribution in [0.1, 0.15) is 52.4 Å². The summed E-state index contributed by atoms with van der Waals surface area (Å²) in [7, 11) is 0. The molecule has 0 aliphatic heterocycles. The third kappa shape index (κ3) is 7.90. The van der Waals surface area contributed by atoms with E-state index in [1.54, 1.807) is 6.08 Å². The summed E-state index contributed by atoms with van der Waals surface area (Å²) in [5.41, 5.74) is 0. The predicted molar refractivity (Wildman–Crippen MR) is 63.3 cm³/mol. The molecule has 0 saturated carbocycles. The van der Waals surface area contributed by atoms with Crippen molar-refractivity contribution in [2.75, 3.05) is 6.61 Å². The maximum Gasteiger partial charge on any atom is 0.114 e. The first kappa shape index (κ1) is 13.3. The molecular formula is C13H24O. The quantitative estimate of drug-likeness (QED) is 0.301. The highest BCUT2D eigenvalue weighted by Crippen LogP contribution is 2.06. The molecule has 1 nitrogen and oxygen atoms in total. The number of hydrogen-bond acceptors (Lipinski definition) is 1. The van der Waals surface area contributed by atoms with Crippen LogP contribution in [0.5, 0.6) is 0 Å². The van der Waals surface area contributed by atoms with Crippen LogP contribution in [0.2, 0.25) is 0 Å². The highest BCUT2D eigenvalue weighted by Gasteiger charge is 1.92. The summed E-state index contributed by atoms with van der Waals surface area (Å²) >= 11 is 0. The van der Waals surface area contributed by atoms with E-state index in [4.69, 9.17) is 4.74 Å². The Balaban J connectivity index is 3.17. The molecule has 82 valence electrons. The number of unbranched alkanes of at least 4 members (excludes halogenated alkanes) is 5. The van der Waals surface area contributed by atoms with E-state index >= 15 is 0 Å². The Hall–Kier alpha value is -0.720. The summed E-state index contributed by atoms with van der Waals surface area (Å²) in [6.07, 6.45) is 11.6. The normalized spacial score (nSPS) is 11.4. The summed E-state index contributed by atoms with van der Waals surface area (Å²) in [4.78, 5) is 0. The van der Waals surface area contributed by atoms with Gasteiger partial charge in [0, 0.05) is 0 Å². The van der Waals surface area contributed by atoms with E-state index in [1.165, 1.54) is 32.1 Å². The highest BCUT2D eigenvalue weighted by atomic mass is 16.5. The van der Waals surface area contributed by atoms with Crippen molar-refractivity contribution in [3.05, 3.63) is 24.5 Å². The van der Waals surface area contributed by atoms with Crippen molar-refractivity contribution in [1.82, 2.24) is 0 Å². The Kier molecular flexibility index (Phi) is 9.83. The Morgan fingerprint density at radius 3 is 2.36 bits per heavy atom. The predicted octanol–water partition coefficient (Wildman–Crippen LogP) is 4.45. The van der Waals surface area contributed by atoms with Gasteiger partial charge in [0.15, 0.2) is 0 Å². The van der Waals surface area contributed by atoms with Crippen molar-refractivity contribution in [2.24, 2.45) is 0 Å². The van der Waals surface area contributed by atoms with Gasteiger partial charge in [-0.1, -0.05) is 45.6 Å². The standard InChI is InChI=1S/C13H24O/c1-4-7-8-9-10-11-12-14-13(5-2)6-3/h5-6H,2,4,7-12H2,1,3H3. The Morgan fingerprint density at radius 2 is 1.79 bits per heavy atom. The first-order valence-electron chi connectivity index (χ1n) is 5.76. The van der Waals surface area contributed by atoms with Crippen LogP contribution in [-0.2, 0) is 4.74 Å². The molecule has 0 fully saturated rings. The molecule has 0 N–H and O–H groups in total. The fraction of sp³-hybridized carbons (Fsp3) is 0.692. The molecular weight excluding hydrogens is 172 g/mol. The van der Waals surface area contributed by atoms with E-state index in [0.717, 1.165) is 18.8 Å². The van der Waals surface area contributed by atoms with Gasteiger partial charge in [0.25, 0.3) is 0 Å². The molecule has 0 rings (SSSR count). The number of ether oxygens (including phenoxy) is 1. The summed E-state index contributed by atoms with van der Waals surface area (Å²) < 4.78 is 5.49. The lowest BCUT2D eigenvalue weighted by Crippen LogP contribution is -1.92. The van der Waals surface area contributed by atoms with Crippen molar-refractivity contribution >= 4 is 0 Å². The second-order valence-corrected chi connectivity index (χ2v) is 3.51. The van der Waals surface area contributed by atoms with Crippen molar-refractivity contribution in [1.29, 1.82) is 0 Å². The molecule has 0 aromatic heterocycles. The van der Waals surface area contributed by atoms with Gasteiger partial charge in [-0.25, -0.2) is 0 Å². The van der Waals surface area contributed by atoms with Gasteiger partial charge in [-0.05, 0) is 25.5 Å². The van der Waals surface area contributed by atoms with Gasteiger partial charge in [0.05, 0.1) is 6.61 Å². The molecule has 0 radical (unpaired) electrons. The smallest absolute Gasteiger partial charge is 0.114 e. The second-order valence-electron chi connectivity index (χ2n) is 3.51. The zero-order valence-electron chi connectivity index (χ0n) is 9.72. The fourth-order valence-electron chi connectivity index (χ4n) is 1.33. The van der Waals surface area contributed by atoms with E-state index in [9.17, 15) is 0 Å². The second kappa shape index (κ2) is 10.4. The minimum Gasteiger partial charge on any atom is -0.494 e. The van der Waals surface area contributed by atoms with E-state index in [-0.39, 0.29) is 0 Å². The average molecular weight is 196 g/mol. The molecule has 0 amide bonds. The largest absolute Gasteiger partial charge is 0.494 e. The van der Waals surface area contributed by atoms with Gasteiger partial charge in [0.2, 0.25) is 0 Å². The number of rotatable bonds is 9. The van der Waals surface area contributed by atoms with Crippen LogP contribution in [0.3, 0.4) is 0 Å². The van der Waals surface area contributed by atoms with E-state index in [1.807, 2.05) is 13.0 Å². The Labute approximate surface area is 88.9 Å². The summed E-state index contributed by atoms with van der Waals surface area (Å²) in [6, 6.07) is 0. The molecule has 14 heavy (non-hydrogen) atoms. The van der Waals surface area contributed by atoms with Crippen molar-refractivity contribution in [3.63, 3.8) is 0 Å². The SMILES string of the molecule is C=CC(=CC)OCCCCCCCC. The zero-order valence-corrected chi connectivity index (χ0v) is 9.72. The molecule has 0 aliphatic carbocycles. The highest BCUT2D eigenvalue weighted by molar-refractivity contribution is 5.06.